The molecule has 0 bridgehead atoms. The fourth-order valence-electron chi connectivity index (χ4n) is 4.07. The lowest BCUT2D eigenvalue weighted by molar-refractivity contribution is -0.147. The van der Waals surface area contributed by atoms with Crippen molar-refractivity contribution in [3.8, 4) is 0 Å². The smallest absolute Gasteiger partial charge is 0.306 e. The number of carbonyl (C=O) groups excluding carboxylic acids is 3. The van der Waals surface area contributed by atoms with Crippen LogP contribution >= 0.6 is 0 Å². The van der Waals surface area contributed by atoms with Crippen LogP contribution < -0.4 is 0 Å². The van der Waals surface area contributed by atoms with Crippen molar-refractivity contribution in [2.45, 2.75) is 38.6 Å². The summed E-state index contributed by atoms with van der Waals surface area (Å²) < 4.78 is 18.5. The Balaban J connectivity index is 1.64. The number of methoxy groups -OCH3 is 1. The number of nitrogens with zero attached hydrogens (tertiary/aromatic N) is 2. The average Bonchev–Trinajstić information content (AvgIpc) is 3.10. The third-order valence-electron chi connectivity index (χ3n) is 5.62. The lowest BCUT2D eigenvalue weighted by Crippen LogP contribution is -2.50. The van der Waals surface area contributed by atoms with Gasteiger partial charge in [-0.15, -0.1) is 0 Å². The minimum atomic E-state index is -0.579. The van der Waals surface area contributed by atoms with Crippen molar-refractivity contribution in [1.82, 2.24) is 9.80 Å². The van der Waals surface area contributed by atoms with E-state index in [4.69, 9.17) is 0 Å². The quantitative estimate of drug-likeness (QED) is 0.739. The molecule has 1 aromatic rings. The first-order chi connectivity index (χ1) is 12.9. The molecule has 1 spiro atoms. The van der Waals surface area contributed by atoms with Crippen molar-refractivity contribution in [2.24, 2.45) is 5.41 Å². The van der Waals surface area contributed by atoms with Crippen molar-refractivity contribution in [3.05, 3.63) is 35.6 Å². The highest BCUT2D eigenvalue weighted by Gasteiger charge is 2.49. The predicted octanol–water partition coefficient (Wildman–Crippen LogP) is 2.12. The van der Waals surface area contributed by atoms with Crippen molar-refractivity contribution >= 4 is 17.8 Å². The average molecular weight is 376 g/mol. The molecule has 1 unspecified atom stereocenters. The molecule has 2 aliphatic heterocycles. The number of piperidine rings is 1. The Labute approximate surface area is 158 Å². The largest absolute Gasteiger partial charge is 0.469 e. The molecule has 2 heterocycles. The molecule has 1 aromatic carbocycles. The number of amides is 2. The van der Waals surface area contributed by atoms with Crippen LogP contribution in [-0.4, -0.2) is 54.3 Å². The topological polar surface area (TPSA) is 66.9 Å². The van der Waals surface area contributed by atoms with Gasteiger partial charge in [0.15, 0.2) is 0 Å². The van der Waals surface area contributed by atoms with Crippen LogP contribution in [0.2, 0.25) is 0 Å². The molecule has 0 saturated carbocycles. The third kappa shape index (κ3) is 4.12. The van der Waals surface area contributed by atoms with Gasteiger partial charge < -0.3 is 14.5 Å². The molecule has 1 atom stereocenters. The number of likely N-dealkylation sites (tertiary alicyclic amines) is 2. The Morgan fingerprint density at radius 3 is 2.70 bits per heavy atom. The molecule has 7 heteroatoms. The first kappa shape index (κ1) is 19.3. The van der Waals surface area contributed by atoms with E-state index in [0.29, 0.717) is 31.6 Å². The van der Waals surface area contributed by atoms with Crippen molar-refractivity contribution in [1.29, 1.82) is 0 Å². The molecule has 2 aliphatic rings. The number of hydrogen-bond donors (Lipinski definition) is 0. The Bertz CT molecular complexity index is 738. The van der Waals surface area contributed by atoms with E-state index in [1.807, 2.05) is 0 Å². The highest BCUT2D eigenvalue weighted by atomic mass is 19.1. The summed E-state index contributed by atoms with van der Waals surface area (Å²) in [5, 5.41) is 0. The minimum Gasteiger partial charge on any atom is -0.469 e. The van der Waals surface area contributed by atoms with Crippen LogP contribution in [-0.2, 0) is 25.7 Å². The van der Waals surface area contributed by atoms with Crippen LogP contribution in [0.15, 0.2) is 24.3 Å². The standard InChI is InChI=1S/C20H25FN2O4/c1-27-18(25)8-7-17(24)23-12-10-20(14-23)9-4-11-22(19(20)26)13-15-5-2-3-6-16(15)21/h2-3,5-6H,4,7-14H2,1H3. The molecule has 2 fully saturated rings. The summed E-state index contributed by atoms with van der Waals surface area (Å²) in [5.41, 5.74) is -0.0725. The van der Waals surface area contributed by atoms with Crippen LogP contribution in [0.4, 0.5) is 4.39 Å². The van der Waals surface area contributed by atoms with Crippen LogP contribution in [0.25, 0.3) is 0 Å². The highest BCUT2D eigenvalue weighted by molar-refractivity contribution is 5.87. The molecule has 2 amide bonds. The molecular formula is C20H25FN2O4. The normalized spacial score (nSPS) is 22.4. The molecule has 0 aromatic heterocycles. The third-order valence-corrected chi connectivity index (χ3v) is 5.62. The Kier molecular flexibility index (Phi) is 5.77. The minimum absolute atomic E-state index is 0.000251. The van der Waals surface area contributed by atoms with Gasteiger partial charge in [0.2, 0.25) is 11.8 Å². The number of carbonyl (C=O) groups is 3. The van der Waals surface area contributed by atoms with E-state index in [9.17, 15) is 18.8 Å². The van der Waals surface area contributed by atoms with E-state index in [2.05, 4.69) is 4.74 Å². The predicted molar refractivity (Wildman–Crippen MR) is 95.9 cm³/mol. The van der Waals surface area contributed by atoms with Crippen molar-refractivity contribution in [2.75, 3.05) is 26.7 Å². The molecule has 6 nitrogen and oxygen atoms in total. The molecule has 27 heavy (non-hydrogen) atoms. The first-order valence-corrected chi connectivity index (χ1v) is 9.32. The maximum absolute atomic E-state index is 14.0. The zero-order valence-electron chi connectivity index (χ0n) is 15.6. The summed E-state index contributed by atoms with van der Waals surface area (Å²) in [6.45, 7) is 1.74. The van der Waals surface area contributed by atoms with E-state index in [1.54, 1.807) is 28.0 Å². The molecule has 3 rings (SSSR count). The zero-order valence-corrected chi connectivity index (χ0v) is 15.6. The molecule has 146 valence electrons. The van der Waals surface area contributed by atoms with E-state index >= 15 is 0 Å². The molecule has 0 aliphatic carbocycles. The molecular weight excluding hydrogens is 351 g/mol. The van der Waals surface area contributed by atoms with Gasteiger partial charge in [-0.25, -0.2) is 4.39 Å². The summed E-state index contributed by atoms with van der Waals surface area (Å²) >= 11 is 0. The van der Waals surface area contributed by atoms with Gasteiger partial charge in [0.25, 0.3) is 0 Å². The number of benzene rings is 1. The van der Waals surface area contributed by atoms with Gasteiger partial charge in [0.1, 0.15) is 5.82 Å². The second-order valence-electron chi connectivity index (χ2n) is 7.34. The summed E-state index contributed by atoms with van der Waals surface area (Å²) in [5.74, 6) is -0.852. The second kappa shape index (κ2) is 8.06. The van der Waals surface area contributed by atoms with Gasteiger partial charge in [0.05, 0.1) is 18.9 Å². The van der Waals surface area contributed by atoms with Gasteiger partial charge in [-0.05, 0) is 25.3 Å². The number of hydrogen-bond acceptors (Lipinski definition) is 4. The second-order valence-corrected chi connectivity index (χ2v) is 7.34. The Morgan fingerprint density at radius 2 is 1.96 bits per heavy atom. The lowest BCUT2D eigenvalue weighted by atomic mass is 9.78. The number of rotatable bonds is 5. The van der Waals surface area contributed by atoms with E-state index in [0.717, 1.165) is 12.8 Å². The fraction of sp³-hybridized carbons (Fsp3) is 0.550. The Hall–Kier alpha value is -2.44. The fourth-order valence-corrected chi connectivity index (χ4v) is 4.07. The van der Waals surface area contributed by atoms with Crippen LogP contribution in [0.5, 0.6) is 0 Å². The van der Waals surface area contributed by atoms with Gasteiger partial charge >= 0.3 is 5.97 Å². The zero-order chi connectivity index (χ0) is 19.4. The highest BCUT2D eigenvalue weighted by Crippen LogP contribution is 2.40. The maximum atomic E-state index is 14.0. The SMILES string of the molecule is COC(=O)CCC(=O)N1CCC2(CCCN(Cc3ccccc3F)C2=O)C1. The first-order valence-electron chi connectivity index (χ1n) is 9.32. The summed E-state index contributed by atoms with van der Waals surface area (Å²) in [6.07, 6.45) is 2.33. The van der Waals surface area contributed by atoms with Gasteiger partial charge in [0, 0.05) is 38.2 Å². The summed E-state index contributed by atoms with van der Waals surface area (Å²) in [6, 6.07) is 6.49. The van der Waals surface area contributed by atoms with Crippen molar-refractivity contribution < 1.29 is 23.5 Å². The molecule has 0 N–H and O–H groups in total. The van der Waals surface area contributed by atoms with E-state index in [1.165, 1.54) is 13.2 Å². The van der Waals surface area contributed by atoms with Crippen molar-refractivity contribution in [3.63, 3.8) is 0 Å². The molecule has 2 saturated heterocycles. The lowest BCUT2D eigenvalue weighted by Gasteiger charge is -2.39. The Morgan fingerprint density at radius 1 is 1.19 bits per heavy atom. The number of ether oxygens (including phenoxy) is 1. The van der Waals surface area contributed by atoms with Gasteiger partial charge in [-0.1, -0.05) is 18.2 Å². The number of halogens is 1. The van der Waals surface area contributed by atoms with E-state index in [-0.39, 0.29) is 37.0 Å². The van der Waals surface area contributed by atoms with Gasteiger partial charge in [-0.2, -0.15) is 0 Å². The van der Waals surface area contributed by atoms with Crippen LogP contribution in [0, 0.1) is 11.2 Å². The monoisotopic (exact) mass is 376 g/mol. The number of esters is 1. The maximum Gasteiger partial charge on any atom is 0.306 e. The van der Waals surface area contributed by atoms with E-state index < -0.39 is 11.4 Å². The molecule has 0 radical (unpaired) electrons. The summed E-state index contributed by atoms with van der Waals surface area (Å²) in [4.78, 5) is 40.1. The van der Waals surface area contributed by atoms with Crippen LogP contribution in [0.1, 0.15) is 37.7 Å². The van der Waals surface area contributed by atoms with Crippen LogP contribution in [0.3, 0.4) is 0 Å². The van der Waals surface area contributed by atoms with Gasteiger partial charge in [-0.3, -0.25) is 14.4 Å². The summed E-state index contributed by atoms with van der Waals surface area (Å²) in [7, 11) is 1.29.